The molecule has 0 amide bonds. The Balaban J connectivity index is 2.49. The van der Waals surface area contributed by atoms with Crippen molar-refractivity contribution in [3.05, 3.63) is 46.9 Å². The van der Waals surface area contributed by atoms with Gasteiger partial charge in [0.15, 0.2) is 5.78 Å². The zero-order valence-electron chi connectivity index (χ0n) is 8.77. The number of nitrogens with one attached hydrogen (secondary N) is 1. The second-order valence-electron chi connectivity index (χ2n) is 3.40. The molecule has 4 heteroatoms. The van der Waals surface area contributed by atoms with E-state index in [9.17, 15) is 4.79 Å². The SMILES string of the molecule is COSC1=C2C=CC(=N)C(=O)C2C=CC=C1. The van der Waals surface area contributed by atoms with E-state index in [1.807, 2.05) is 30.4 Å². The molecule has 0 saturated carbocycles. The zero-order chi connectivity index (χ0) is 11.5. The van der Waals surface area contributed by atoms with E-state index in [2.05, 4.69) is 0 Å². The highest BCUT2D eigenvalue weighted by Gasteiger charge is 2.27. The number of fused-ring (bicyclic) bond motifs is 1. The number of ketones is 1. The first-order valence-electron chi connectivity index (χ1n) is 4.84. The molecule has 0 aromatic carbocycles. The number of rotatable bonds is 2. The van der Waals surface area contributed by atoms with Gasteiger partial charge in [-0.25, -0.2) is 0 Å². The van der Waals surface area contributed by atoms with E-state index in [1.165, 1.54) is 18.1 Å². The van der Waals surface area contributed by atoms with E-state index in [0.29, 0.717) is 0 Å². The van der Waals surface area contributed by atoms with Gasteiger partial charge in [0.25, 0.3) is 0 Å². The van der Waals surface area contributed by atoms with Crippen LogP contribution in [0.15, 0.2) is 46.9 Å². The molecule has 0 aromatic heterocycles. The summed E-state index contributed by atoms with van der Waals surface area (Å²) in [5.74, 6) is -0.503. The van der Waals surface area contributed by atoms with Crippen molar-refractivity contribution < 1.29 is 8.98 Å². The number of carbonyl (C=O) groups is 1. The molecule has 2 rings (SSSR count). The van der Waals surface area contributed by atoms with Gasteiger partial charge in [0.2, 0.25) is 0 Å². The van der Waals surface area contributed by atoms with E-state index in [-0.39, 0.29) is 17.4 Å². The van der Waals surface area contributed by atoms with Gasteiger partial charge < -0.3 is 4.18 Å². The van der Waals surface area contributed by atoms with Gasteiger partial charge in [0, 0.05) is 16.9 Å². The minimum atomic E-state index is -0.342. The Labute approximate surface area is 98.3 Å². The van der Waals surface area contributed by atoms with Crippen LogP contribution in [0, 0.1) is 11.3 Å². The lowest BCUT2D eigenvalue weighted by Gasteiger charge is -2.18. The molecular weight excluding hydrogens is 222 g/mol. The molecule has 1 unspecified atom stereocenters. The number of hydrogen-bond acceptors (Lipinski definition) is 4. The zero-order valence-corrected chi connectivity index (χ0v) is 9.58. The van der Waals surface area contributed by atoms with Gasteiger partial charge in [0.05, 0.1) is 18.7 Å². The van der Waals surface area contributed by atoms with Crippen LogP contribution in [0.3, 0.4) is 0 Å². The van der Waals surface area contributed by atoms with Gasteiger partial charge in [-0.3, -0.25) is 10.2 Å². The molecule has 0 aliphatic heterocycles. The maximum Gasteiger partial charge on any atom is 0.191 e. The van der Waals surface area contributed by atoms with Crippen LogP contribution in [0.2, 0.25) is 0 Å². The second-order valence-corrected chi connectivity index (χ2v) is 4.34. The van der Waals surface area contributed by atoms with Crippen molar-refractivity contribution in [2.24, 2.45) is 5.92 Å². The Bertz CT molecular complexity index is 458. The molecule has 0 fully saturated rings. The highest BCUT2D eigenvalue weighted by Crippen LogP contribution is 2.32. The van der Waals surface area contributed by atoms with E-state index < -0.39 is 0 Å². The molecule has 0 radical (unpaired) electrons. The predicted octanol–water partition coefficient (Wildman–Crippen LogP) is 2.44. The van der Waals surface area contributed by atoms with Gasteiger partial charge in [-0.2, -0.15) is 0 Å². The van der Waals surface area contributed by atoms with Crippen LogP contribution < -0.4 is 0 Å². The highest BCUT2D eigenvalue weighted by atomic mass is 32.2. The maximum atomic E-state index is 11.8. The topological polar surface area (TPSA) is 50.1 Å². The average Bonchev–Trinajstić information content (AvgIpc) is 2.48. The van der Waals surface area contributed by atoms with Crippen molar-refractivity contribution in [1.82, 2.24) is 0 Å². The third-order valence-corrected chi connectivity index (χ3v) is 3.15. The molecule has 1 N–H and O–H groups in total. The van der Waals surface area contributed by atoms with Gasteiger partial charge >= 0.3 is 0 Å². The summed E-state index contributed by atoms with van der Waals surface area (Å²) >= 11 is 1.23. The van der Waals surface area contributed by atoms with Gasteiger partial charge in [-0.05, 0) is 17.7 Å². The van der Waals surface area contributed by atoms with Gasteiger partial charge in [0.1, 0.15) is 0 Å². The lowest BCUT2D eigenvalue weighted by atomic mass is 9.87. The summed E-state index contributed by atoms with van der Waals surface area (Å²) in [6, 6.07) is 0. The highest BCUT2D eigenvalue weighted by molar-refractivity contribution is 7.98. The number of carbonyl (C=O) groups excluding carboxylic acids is 1. The summed E-state index contributed by atoms with van der Waals surface area (Å²) in [4.78, 5) is 12.7. The van der Waals surface area contributed by atoms with E-state index in [1.54, 1.807) is 7.11 Å². The van der Waals surface area contributed by atoms with Crippen LogP contribution in [0.25, 0.3) is 0 Å². The molecule has 0 bridgehead atoms. The number of Topliss-reactive ketones (excluding diaryl/α,β-unsaturated/α-hetero) is 1. The van der Waals surface area contributed by atoms with E-state index >= 15 is 0 Å². The Kier molecular flexibility index (Phi) is 3.22. The Hall–Kier alpha value is -1.39. The minimum absolute atomic E-state index is 0.0575. The van der Waals surface area contributed by atoms with Crippen LogP contribution in [0.1, 0.15) is 0 Å². The fraction of sp³-hybridized carbons (Fsp3) is 0.167. The average molecular weight is 233 g/mol. The van der Waals surface area contributed by atoms with E-state index in [4.69, 9.17) is 9.59 Å². The summed E-state index contributed by atoms with van der Waals surface area (Å²) in [5, 5.41) is 7.51. The molecule has 1 atom stereocenters. The molecule has 0 spiro atoms. The Morgan fingerprint density at radius 2 is 2.12 bits per heavy atom. The van der Waals surface area contributed by atoms with Crippen LogP contribution in [0.4, 0.5) is 0 Å². The predicted molar refractivity (Wildman–Crippen MR) is 65.3 cm³/mol. The lowest BCUT2D eigenvalue weighted by molar-refractivity contribution is -0.114. The molecule has 0 heterocycles. The summed E-state index contributed by atoms with van der Waals surface area (Å²) in [6.45, 7) is 0. The molecule has 16 heavy (non-hydrogen) atoms. The van der Waals surface area contributed by atoms with Crippen molar-refractivity contribution in [2.45, 2.75) is 0 Å². The third-order valence-electron chi connectivity index (χ3n) is 2.43. The van der Waals surface area contributed by atoms with E-state index in [0.717, 1.165) is 10.5 Å². The summed E-state index contributed by atoms with van der Waals surface area (Å²) < 4.78 is 5.03. The molecule has 3 nitrogen and oxygen atoms in total. The molecule has 0 saturated heterocycles. The standard InChI is InChI=1S/C12H11NO2S/c1-15-16-11-5-3-2-4-9-8(11)6-7-10(13)12(9)14/h2-7,9,13H,1H3. The van der Waals surface area contributed by atoms with Gasteiger partial charge in [-0.1, -0.05) is 24.3 Å². The summed E-state index contributed by atoms with van der Waals surface area (Å²) in [7, 11) is 1.59. The summed E-state index contributed by atoms with van der Waals surface area (Å²) in [6.07, 6.45) is 10.8. The second kappa shape index (κ2) is 4.63. The Morgan fingerprint density at radius 1 is 1.31 bits per heavy atom. The van der Waals surface area contributed by atoms with Crippen LogP contribution >= 0.6 is 12.0 Å². The normalized spacial score (nSPS) is 23.7. The molecule has 2 aliphatic carbocycles. The first kappa shape index (κ1) is 11.1. The van der Waals surface area contributed by atoms with Crippen molar-refractivity contribution in [3.63, 3.8) is 0 Å². The fourth-order valence-electron chi connectivity index (χ4n) is 1.67. The monoisotopic (exact) mass is 233 g/mol. The molecular formula is C12H11NO2S. The first-order chi connectivity index (χ1) is 7.74. The minimum Gasteiger partial charge on any atom is -0.314 e. The lowest BCUT2D eigenvalue weighted by Crippen LogP contribution is -2.25. The third kappa shape index (κ3) is 1.94. The van der Waals surface area contributed by atoms with Crippen molar-refractivity contribution >= 4 is 23.5 Å². The first-order valence-corrected chi connectivity index (χ1v) is 5.58. The quantitative estimate of drug-likeness (QED) is 0.745. The van der Waals surface area contributed by atoms with Crippen LogP contribution in [0.5, 0.6) is 0 Å². The smallest absolute Gasteiger partial charge is 0.191 e. The summed E-state index contributed by atoms with van der Waals surface area (Å²) in [5.41, 5.74) is 0.958. The Morgan fingerprint density at radius 3 is 2.88 bits per heavy atom. The van der Waals surface area contributed by atoms with Crippen LogP contribution in [-0.4, -0.2) is 18.6 Å². The molecule has 2 aliphatic rings. The van der Waals surface area contributed by atoms with Gasteiger partial charge in [-0.15, -0.1) is 0 Å². The van der Waals surface area contributed by atoms with Crippen LogP contribution in [-0.2, 0) is 8.98 Å². The number of allylic oxidation sites excluding steroid dienone is 7. The molecule has 0 aromatic rings. The van der Waals surface area contributed by atoms with Crippen molar-refractivity contribution in [2.75, 3.05) is 7.11 Å². The maximum absolute atomic E-state index is 11.8. The van der Waals surface area contributed by atoms with Crippen molar-refractivity contribution in [1.29, 1.82) is 5.41 Å². The fourth-order valence-corrected chi connectivity index (χ4v) is 2.28. The number of hydrogen-bond donors (Lipinski definition) is 1. The molecule has 82 valence electrons. The van der Waals surface area contributed by atoms with Crippen molar-refractivity contribution in [3.8, 4) is 0 Å². The largest absolute Gasteiger partial charge is 0.314 e.